The largest absolute Gasteiger partial charge is 0.451 e. The summed E-state index contributed by atoms with van der Waals surface area (Å²) in [6, 6.07) is 5.49. The zero-order valence-electron chi connectivity index (χ0n) is 29.2. The molecule has 2 aliphatic heterocycles. The summed E-state index contributed by atoms with van der Waals surface area (Å²) in [5.41, 5.74) is 0.822. The van der Waals surface area contributed by atoms with Gasteiger partial charge in [-0.1, -0.05) is 71.9 Å². The number of benzene rings is 1. The third-order valence-electron chi connectivity index (χ3n) is 8.93. The highest BCUT2D eigenvalue weighted by atomic mass is 16.6. The Morgan fingerprint density at radius 1 is 0.830 bits per heavy atom. The quantitative estimate of drug-likeness (QED) is 0.447. The molecule has 5 atom stereocenters. The Bertz CT molecular complexity index is 1280. The minimum atomic E-state index is -1.16. The van der Waals surface area contributed by atoms with Crippen LogP contribution < -0.4 is 10.6 Å². The highest BCUT2D eigenvalue weighted by Gasteiger charge is 2.42. The van der Waals surface area contributed by atoms with Crippen molar-refractivity contribution < 1.29 is 33.5 Å². The summed E-state index contributed by atoms with van der Waals surface area (Å²) in [7, 11) is 3.04. The van der Waals surface area contributed by atoms with Gasteiger partial charge >= 0.3 is 5.97 Å². The van der Waals surface area contributed by atoms with Gasteiger partial charge in [0.05, 0.1) is 0 Å². The maximum atomic E-state index is 14.2. The SMILES string of the molecule is CC(C)C[C@@H]1OC(=O)[C@H]2CCCN2C(=O)CCNC(=O)[C@@H](Cc2ccccc2)NC(=O)[C@@H](C(C)C)N(C)C(=O)[C@H](C(C)C)N(C)C1=O. The number of likely N-dealkylation sites (N-methyl/N-ethyl adjacent to an activating group) is 2. The number of rotatable bonds is 6. The molecule has 2 N–H and O–H groups in total. The number of nitrogens with zero attached hydrogens (tertiary/aromatic N) is 3. The number of fused-ring (bicyclic) bond motifs is 1. The number of carbonyl (C=O) groups is 6. The Morgan fingerprint density at radius 2 is 1.45 bits per heavy atom. The first-order chi connectivity index (χ1) is 22.1. The molecule has 0 saturated carbocycles. The van der Waals surface area contributed by atoms with Crippen LogP contribution in [0.1, 0.15) is 72.8 Å². The number of ether oxygens (including phenoxy) is 1. The van der Waals surface area contributed by atoms with E-state index in [2.05, 4.69) is 10.6 Å². The molecule has 1 aromatic rings. The van der Waals surface area contributed by atoms with Crippen LogP contribution in [0.15, 0.2) is 30.3 Å². The average molecular weight is 656 g/mol. The summed E-state index contributed by atoms with van der Waals surface area (Å²) < 4.78 is 5.84. The fourth-order valence-corrected chi connectivity index (χ4v) is 6.57. The fraction of sp³-hybridized carbons (Fsp3) is 0.657. The van der Waals surface area contributed by atoms with Crippen molar-refractivity contribution >= 4 is 35.5 Å². The Morgan fingerprint density at radius 3 is 2.04 bits per heavy atom. The predicted molar refractivity (Wildman–Crippen MR) is 177 cm³/mol. The van der Waals surface area contributed by atoms with E-state index >= 15 is 0 Å². The van der Waals surface area contributed by atoms with Gasteiger partial charge in [0.25, 0.3) is 5.91 Å². The minimum absolute atomic E-state index is 0.00157. The Balaban J connectivity index is 2.05. The van der Waals surface area contributed by atoms with Crippen LogP contribution in [-0.2, 0) is 39.9 Å². The lowest BCUT2D eigenvalue weighted by atomic mass is 9.95. The molecule has 3 rings (SSSR count). The van der Waals surface area contributed by atoms with Gasteiger partial charge in [-0.05, 0) is 42.6 Å². The van der Waals surface area contributed by atoms with Crippen molar-refractivity contribution in [2.75, 3.05) is 27.2 Å². The third-order valence-corrected chi connectivity index (χ3v) is 8.93. The van der Waals surface area contributed by atoms with Gasteiger partial charge in [0, 0.05) is 40.0 Å². The van der Waals surface area contributed by atoms with Crippen molar-refractivity contribution in [2.24, 2.45) is 17.8 Å². The van der Waals surface area contributed by atoms with Crippen LogP contribution in [0.3, 0.4) is 0 Å². The van der Waals surface area contributed by atoms with Crippen molar-refractivity contribution in [3.63, 3.8) is 0 Å². The normalized spacial score (nSPS) is 26.2. The first-order valence-electron chi connectivity index (χ1n) is 16.8. The maximum Gasteiger partial charge on any atom is 0.329 e. The molecule has 0 aliphatic carbocycles. The number of esters is 1. The third kappa shape index (κ3) is 9.54. The zero-order valence-corrected chi connectivity index (χ0v) is 29.2. The summed E-state index contributed by atoms with van der Waals surface area (Å²) in [5, 5.41) is 5.66. The highest BCUT2D eigenvalue weighted by Crippen LogP contribution is 2.24. The standard InChI is InChI=1S/C35H53N5O7/c1-21(2)19-27-33(44)39(8)30(23(5)6)34(45)38(7)29(22(3)4)32(43)37-25(20-24-13-10-9-11-14-24)31(42)36-17-16-28(41)40-18-12-15-26(40)35(46)47-27/h9-11,13-14,21-23,25-27,29-30H,12,15-20H2,1-8H3,(H,36,42)(H,37,43)/t25-,26-,27+,29-,30+/m1/s1. The van der Waals surface area contributed by atoms with Gasteiger partial charge in [0.2, 0.25) is 23.6 Å². The van der Waals surface area contributed by atoms with Crippen molar-refractivity contribution in [1.29, 1.82) is 0 Å². The van der Waals surface area contributed by atoms with Gasteiger partial charge in [-0.25, -0.2) is 4.79 Å². The molecular weight excluding hydrogens is 602 g/mol. The highest BCUT2D eigenvalue weighted by molar-refractivity contribution is 5.95. The first-order valence-corrected chi connectivity index (χ1v) is 16.8. The van der Waals surface area contributed by atoms with Crippen molar-refractivity contribution in [3.8, 4) is 0 Å². The van der Waals surface area contributed by atoms with Crippen LogP contribution in [0.25, 0.3) is 0 Å². The van der Waals surface area contributed by atoms with Gasteiger partial charge in [0.15, 0.2) is 6.10 Å². The van der Waals surface area contributed by atoms with Crippen molar-refractivity contribution in [1.82, 2.24) is 25.3 Å². The van der Waals surface area contributed by atoms with Gasteiger partial charge in [0.1, 0.15) is 24.2 Å². The number of cyclic esters (lactones) is 1. The lowest BCUT2D eigenvalue weighted by Crippen LogP contribution is -2.60. The second-order valence-corrected chi connectivity index (χ2v) is 13.9. The molecule has 2 heterocycles. The van der Waals surface area contributed by atoms with Gasteiger partial charge in [-0.2, -0.15) is 0 Å². The van der Waals surface area contributed by atoms with Gasteiger partial charge in [-0.15, -0.1) is 0 Å². The van der Waals surface area contributed by atoms with E-state index in [1.165, 1.54) is 28.8 Å². The molecule has 0 bridgehead atoms. The van der Waals surface area contributed by atoms with Gasteiger partial charge in [-0.3, -0.25) is 24.0 Å². The number of nitrogens with one attached hydrogen (secondary N) is 2. The summed E-state index contributed by atoms with van der Waals surface area (Å²) >= 11 is 0. The molecule has 0 unspecified atom stereocenters. The number of amides is 5. The smallest absolute Gasteiger partial charge is 0.329 e. The van der Waals surface area contributed by atoms with Crippen LogP contribution in [-0.4, -0.2) is 108 Å². The van der Waals surface area contributed by atoms with Crippen LogP contribution in [0.2, 0.25) is 0 Å². The molecule has 0 radical (unpaired) electrons. The maximum absolute atomic E-state index is 14.2. The molecule has 260 valence electrons. The van der Waals surface area contributed by atoms with Crippen LogP contribution in [0.5, 0.6) is 0 Å². The summed E-state index contributed by atoms with van der Waals surface area (Å²) in [6.45, 7) is 11.4. The number of hydrogen-bond acceptors (Lipinski definition) is 7. The van der Waals surface area contributed by atoms with E-state index in [1.54, 1.807) is 0 Å². The molecule has 2 aliphatic rings. The van der Waals surface area contributed by atoms with Gasteiger partial charge < -0.3 is 30.1 Å². The predicted octanol–water partition coefficient (Wildman–Crippen LogP) is 2.15. The monoisotopic (exact) mass is 655 g/mol. The second kappa shape index (κ2) is 16.7. The van der Waals surface area contributed by atoms with Crippen LogP contribution in [0.4, 0.5) is 0 Å². The second-order valence-electron chi connectivity index (χ2n) is 13.9. The van der Waals surface area contributed by atoms with Crippen molar-refractivity contribution in [2.45, 2.75) is 104 Å². The van der Waals surface area contributed by atoms with E-state index in [0.29, 0.717) is 19.4 Å². The Hall–Kier alpha value is -3.96. The lowest BCUT2D eigenvalue weighted by molar-refractivity contribution is -0.168. The van der Waals surface area contributed by atoms with E-state index in [1.807, 2.05) is 71.9 Å². The van der Waals surface area contributed by atoms with Crippen LogP contribution in [0, 0.1) is 17.8 Å². The molecule has 12 heteroatoms. The van der Waals surface area contributed by atoms with E-state index in [9.17, 15) is 28.8 Å². The molecular formula is C35H53N5O7. The number of hydrogen-bond donors (Lipinski definition) is 2. The molecule has 2 fully saturated rings. The molecule has 47 heavy (non-hydrogen) atoms. The molecule has 5 amide bonds. The zero-order chi connectivity index (χ0) is 35.0. The Labute approximate surface area is 278 Å². The molecule has 2 saturated heterocycles. The molecule has 12 nitrogen and oxygen atoms in total. The molecule has 1 aromatic carbocycles. The Kier molecular flexibility index (Phi) is 13.4. The summed E-state index contributed by atoms with van der Waals surface area (Å²) in [4.78, 5) is 86.5. The van der Waals surface area contributed by atoms with E-state index in [4.69, 9.17) is 4.74 Å². The summed E-state index contributed by atoms with van der Waals surface area (Å²) in [5.74, 6) is -3.63. The van der Waals surface area contributed by atoms with E-state index in [-0.39, 0.29) is 49.5 Å². The summed E-state index contributed by atoms with van der Waals surface area (Å²) in [6.07, 6.45) is 0.205. The minimum Gasteiger partial charge on any atom is -0.451 e. The first kappa shape index (κ1) is 37.5. The molecule has 0 spiro atoms. The topological polar surface area (TPSA) is 145 Å². The average Bonchev–Trinajstić information content (AvgIpc) is 3.50. The van der Waals surface area contributed by atoms with Crippen LogP contribution >= 0.6 is 0 Å². The van der Waals surface area contributed by atoms with E-state index < -0.39 is 59.9 Å². The number of carbonyl (C=O) groups excluding carboxylic acids is 6. The van der Waals surface area contributed by atoms with Crippen molar-refractivity contribution in [3.05, 3.63) is 35.9 Å². The molecule has 0 aromatic heterocycles. The van der Waals surface area contributed by atoms with E-state index in [0.717, 1.165) is 5.56 Å². The fourth-order valence-electron chi connectivity index (χ4n) is 6.57. The lowest BCUT2D eigenvalue weighted by Gasteiger charge is -2.38.